The highest BCUT2D eigenvalue weighted by Crippen LogP contribution is 2.15. The monoisotopic (exact) mass is 274 g/mol. The standard InChI is InChI=1S/C15H18N2O3/c1-9(2)7-13(15(19)20)17-14(18)12-8-10-5-3-4-6-11(10)16-12/h3-6,8-9,13,16H,7H2,1-2H3,(H,17,18)(H,19,20)/t13-/m1/s1. The third-order valence-corrected chi connectivity index (χ3v) is 3.09. The van der Waals surface area contributed by atoms with Crippen molar-refractivity contribution in [1.29, 1.82) is 0 Å². The van der Waals surface area contributed by atoms with Crippen molar-refractivity contribution in [3.8, 4) is 0 Å². The van der Waals surface area contributed by atoms with Crippen molar-refractivity contribution in [2.75, 3.05) is 0 Å². The normalized spacial score (nSPS) is 12.6. The SMILES string of the molecule is CC(C)C[C@@H](NC(=O)c1cc2ccccc2[nH]1)C(=O)O. The number of H-pyrrole nitrogens is 1. The molecule has 0 aliphatic carbocycles. The van der Waals surface area contributed by atoms with Crippen LogP contribution in [-0.2, 0) is 4.79 Å². The van der Waals surface area contributed by atoms with Gasteiger partial charge in [-0.1, -0.05) is 32.0 Å². The molecule has 2 rings (SSSR count). The zero-order valence-electron chi connectivity index (χ0n) is 11.5. The molecule has 0 saturated heterocycles. The van der Waals surface area contributed by atoms with Gasteiger partial charge in [0.25, 0.3) is 5.91 Å². The van der Waals surface area contributed by atoms with E-state index in [1.54, 1.807) is 6.07 Å². The summed E-state index contributed by atoms with van der Waals surface area (Å²) in [5.41, 5.74) is 1.23. The maximum absolute atomic E-state index is 12.1. The first-order valence-electron chi connectivity index (χ1n) is 6.59. The topological polar surface area (TPSA) is 82.2 Å². The number of hydrogen-bond donors (Lipinski definition) is 3. The molecule has 0 saturated carbocycles. The molecule has 1 heterocycles. The van der Waals surface area contributed by atoms with E-state index in [4.69, 9.17) is 5.11 Å². The third-order valence-electron chi connectivity index (χ3n) is 3.09. The Hall–Kier alpha value is -2.30. The van der Waals surface area contributed by atoms with E-state index in [1.807, 2.05) is 38.1 Å². The van der Waals surface area contributed by atoms with Crippen molar-refractivity contribution in [2.45, 2.75) is 26.3 Å². The molecule has 5 heteroatoms. The van der Waals surface area contributed by atoms with Crippen LogP contribution in [0, 0.1) is 5.92 Å². The summed E-state index contributed by atoms with van der Waals surface area (Å²) in [4.78, 5) is 26.2. The fourth-order valence-corrected chi connectivity index (χ4v) is 2.12. The van der Waals surface area contributed by atoms with Gasteiger partial charge in [0.2, 0.25) is 0 Å². The Morgan fingerprint density at radius 3 is 2.60 bits per heavy atom. The van der Waals surface area contributed by atoms with Crippen molar-refractivity contribution in [2.24, 2.45) is 5.92 Å². The second kappa shape index (κ2) is 5.77. The Labute approximate surface area is 117 Å². The summed E-state index contributed by atoms with van der Waals surface area (Å²) in [7, 11) is 0. The van der Waals surface area contributed by atoms with Gasteiger partial charge >= 0.3 is 5.97 Å². The molecule has 0 aliphatic heterocycles. The second-order valence-electron chi connectivity index (χ2n) is 5.26. The quantitative estimate of drug-likeness (QED) is 0.783. The molecule has 1 amide bonds. The number of hydrogen-bond acceptors (Lipinski definition) is 2. The molecule has 1 aromatic carbocycles. The number of carboxylic acids is 1. The van der Waals surface area contributed by atoms with E-state index < -0.39 is 17.9 Å². The zero-order chi connectivity index (χ0) is 14.7. The van der Waals surface area contributed by atoms with Crippen molar-refractivity contribution >= 4 is 22.8 Å². The minimum Gasteiger partial charge on any atom is -0.480 e. The van der Waals surface area contributed by atoms with E-state index in [0.29, 0.717) is 12.1 Å². The number of rotatable bonds is 5. The van der Waals surface area contributed by atoms with Crippen LogP contribution in [0.3, 0.4) is 0 Å². The summed E-state index contributed by atoms with van der Waals surface area (Å²) in [5.74, 6) is -1.21. The van der Waals surface area contributed by atoms with E-state index >= 15 is 0 Å². The molecule has 3 N–H and O–H groups in total. The Bertz CT molecular complexity index is 598. The molecule has 106 valence electrons. The van der Waals surface area contributed by atoms with Crippen LogP contribution in [-0.4, -0.2) is 28.0 Å². The number of para-hydroxylation sites is 1. The van der Waals surface area contributed by atoms with E-state index in [1.165, 1.54) is 0 Å². The number of nitrogens with one attached hydrogen (secondary N) is 2. The van der Waals surface area contributed by atoms with Crippen LogP contribution >= 0.6 is 0 Å². The second-order valence-corrected chi connectivity index (χ2v) is 5.26. The van der Waals surface area contributed by atoms with Gasteiger partial charge in [0.15, 0.2) is 0 Å². The average molecular weight is 274 g/mol. The smallest absolute Gasteiger partial charge is 0.326 e. The van der Waals surface area contributed by atoms with E-state index in [2.05, 4.69) is 10.3 Å². The number of carboxylic acid groups (broad SMARTS) is 1. The molecule has 2 aromatic rings. The zero-order valence-corrected chi connectivity index (χ0v) is 11.5. The molecular weight excluding hydrogens is 256 g/mol. The van der Waals surface area contributed by atoms with Crippen molar-refractivity contribution in [3.05, 3.63) is 36.0 Å². The van der Waals surface area contributed by atoms with Gasteiger partial charge in [-0.2, -0.15) is 0 Å². The minimum absolute atomic E-state index is 0.194. The average Bonchev–Trinajstić information content (AvgIpc) is 2.81. The highest BCUT2D eigenvalue weighted by Gasteiger charge is 2.22. The molecule has 1 aromatic heterocycles. The Morgan fingerprint density at radius 2 is 2.00 bits per heavy atom. The summed E-state index contributed by atoms with van der Waals surface area (Å²) in [5, 5.41) is 12.6. The molecule has 5 nitrogen and oxygen atoms in total. The van der Waals surface area contributed by atoms with Crippen molar-refractivity contribution in [3.63, 3.8) is 0 Å². The van der Waals surface area contributed by atoms with Crippen molar-refractivity contribution in [1.82, 2.24) is 10.3 Å². The largest absolute Gasteiger partial charge is 0.480 e. The van der Waals surface area contributed by atoms with Gasteiger partial charge in [-0.05, 0) is 24.5 Å². The van der Waals surface area contributed by atoms with Gasteiger partial charge in [0.1, 0.15) is 11.7 Å². The molecule has 0 bridgehead atoms. The van der Waals surface area contributed by atoms with Gasteiger partial charge in [0, 0.05) is 10.9 Å². The fraction of sp³-hybridized carbons (Fsp3) is 0.333. The minimum atomic E-state index is -1.01. The maximum Gasteiger partial charge on any atom is 0.326 e. The van der Waals surface area contributed by atoms with Gasteiger partial charge in [-0.3, -0.25) is 4.79 Å². The van der Waals surface area contributed by atoms with Gasteiger partial charge < -0.3 is 15.4 Å². The molecule has 0 unspecified atom stereocenters. The van der Waals surface area contributed by atoms with Gasteiger partial charge in [0.05, 0.1) is 0 Å². The predicted molar refractivity (Wildman–Crippen MR) is 76.6 cm³/mol. The number of fused-ring (bicyclic) bond motifs is 1. The number of aliphatic carboxylic acids is 1. The highest BCUT2D eigenvalue weighted by atomic mass is 16.4. The van der Waals surface area contributed by atoms with Crippen LogP contribution in [0.5, 0.6) is 0 Å². The lowest BCUT2D eigenvalue weighted by atomic mass is 10.0. The molecule has 20 heavy (non-hydrogen) atoms. The van der Waals surface area contributed by atoms with Crippen LogP contribution in [0.2, 0.25) is 0 Å². The first-order chi connectivity index (χ1) is 9.47. The van der Waals surface area contributed by atoms with Crippen molar-refractivity contribution < 1.29 is 14.7 Å². The number of aromatic amines is 1. The lowest BCUT2D eigenvalue weighted by Gasteiger charge is -2.15. The molecular formula is C15H18N2O3. The first kappa shape index (κ1) is 14.1. The Kier molecular flexibility index (Phi) is 4.08. The molecule has 0 radical (unpaired) electrons. The molecule has 0 spiro atoms. The van der Waals surface area contributed by atoms with Crippen LogP contribution in [0.25, 0.3) is 10.9 Å². The van der Waals surface area contributed by atoms with E-state index in [0.717, 1.165) is 10.9 Å². The number of amides is 1. The van der Waals surface area contributed by atoms with Gasteiger partial charge in [-0.15, -0.1) is 0 Å². The summed E-state index contributed by atoms with van der Waals surface area (Å²) in [6.07, 6.45) is 0.404. The first-order valence-corrected chi connectivity index (χ1v) is 6.59. The maximum atomic E-state index is 12.1. The highest BCUT2D eigenvalue weighted by molar-refractivity contribution is 5.99. The number of aromatic nitrogens is 1. The lowest BCUT2D eigenvalue weighted by Crippen LogP contribution is -2.41. The summed E-state index contributed by atoms with van der Waals surface area (Å²) >= 11 is 0. The van der Waals surface area contributed by atoms with Crippen LogP contribution in [0.4, 0.5) is 0 Å². The summed E-state index contributed by atoms with van der Waals surface area (Å²) < 4.78 is 0. The summed E-state index contributed by atoms with van der Waals surface area (Å²) in [6, 6.07) is 8.38. The predicted octanol–water partition coefficient (Wildman–Crippen LogP) is 2.40. The van der Waals surface area contributed by atoms with E-state index in [-0.39, 0.29) is 5.92 Å². The number of carbonyl (C=O) groups excluding carboxylic acids is 1. The molecule has 0 aliphatic rings. The summed E-state index contributed by atoms with van der Waals surface area (Å²) in [6.45, 7) is 3.84. The van der Waals surface area contributed by atoms with Crippen LogP contribution < -0.4 is 5.32 Å². The lowest BCUT2D eigenvalue weighted by molar-refractivity contribution is -0.139. The van der Waals surface area contributed by atoms with Crippen LogP contribution in [0.15, 0.2) is 30.3 Å². The Balaban J connectivity index is 2.15. The molecule has 1 atom stereocenters. The van der Waals surface area contributed by atoms with Gasteiger partial charge in [-0.25, -0.2) is 4.79 Å². The van der Waals surface area contributed by atoms with Crippen LogP contribution in [0.1, 0.15) is 30.8 Å². The fourth-order valence-electron chi connectivity index (χ4n) is 2.12. The Morgan fingerprint density at radius 1 is 1.30 bits per heavy atom. The molecule has 0 fully saturated rings. The van der Waals surface area contributed by atoms with E-state index in [9.17, 15) is 9.59 Å². The number of benzene rings is 1. The number of carbonyl (C=O) groups is 2. The third kappa shape index (κ3) is 3.17.